The molecular weight excluding hydrogens is 346 g/mol. The summed E-state index contributed by atoms with van der Waals surface area (Å²) in [5.41, 5.74) is 1.88. The highest BCUT2D eigenvalue weighted by atomic mass is 16.5. The number of hydrogen-bond donors (Lipinski definition) is 2. The van der Waals surface area contributed by atoms with Crippen molar-refractivity contribution in [3.63, 3.8) is 0 Å². The Morgan fingerprint density at radius 2 is 2.00 bits per heavy atom. The van der Waals surface area contributed by atoms with Crippen molar-refractivity contribution in [1.82, 2.24) is 5.32 Å². The Morgan fingerprint density at radius 1 is 1.22 bits per heavy atom. The van der Waals surface area contributed by atoms with E-state index in [9.17, 15) is 14.4 Å². The molecule has 7 heteroatoms. The first-order valence-corrected chi connectivity index (χ1v) is 9.76. The van der Waals surface area contributed by atoms with Gasteiger partial charge in [0.25, 0.3) is 5.91 Å². The van der Waals surface area contributed by atoms with Gasteiger partial charge in [-0.1, -0.05) is 12.8 Å². The molecule has 0 radical (unpaired) electrons. The average Bonchev–Trinajstić information content (AvgIpc) is 3.33. The third kappa shape index (κ3) is 3.50. The van der Waals surface area contributed by atoms with Crippen LogP contribution in [0, 0.1) is 0 Å². The number of benzene rings is 1. The SMILES string of the molecule is C[C@H](OC(=O)c1ccc2c(c1)NC(=O)[C@@H]1CCCN21)C(=O)NC1CCCC1. The summed E-state index contributed by atoms with van der Waals surface area (Å²) in [7, 11) is 0. The molecule has 1 saturated heterocycles. The van der Waals surface area contributed by atoms with E-state index in [1.807, 2.05) is 6.07 Å². The number of carbonyl (C=O) groups is 3. The van der Waals surface area contributed by atoms with Crippen LogP contribution in [0.5, 0.6) is 0 Å². The van der Waals surface area contributed by atoms with E-state index in [1.165, 1.54) is 0 Å². The summed E-state index contributed by atoms with van der Waals surface area (Å²) in [6.45, 7) is 2.42. The fourth-order valence-corrected chi connectivity index (χ4v) is 4.23. The van der Waals surface area contributed by atoms with Gasteiger partial charge in [-0.25, -0.2) is 4.79 Å². The van der Waals surface area contributed by atoms with Crippen LogP contribution in [0.4, 0.5) is 11.4 Å². The van der Waals surface area contributed by atoms with Crippen LogP contribution in [0.15, 0.2) is 18.2 Å². The van der Waals surface area contributed by atoms with Gasteiger partial charge in [-0.3, -0.25) is 9.59 Å². The minimum Gasteiger partial charge on any atom is -0.449 e. The number of hydrogen-bond acceptors (Lipinski definition) is 5. The molecule has 2 aliphatic heterocycles. The van der Waals surface area contributed by atoms with E-state index in [2.05, 4.69) is 15.5 Å². The number of nitrogens with zero attached hydrogens (tertiary/aromatic N) is 1. The quantitative estimate of drug-likeness (QED) is 0.793. The second kappa shape index (κ2) is 7.21. The van der Waals surface area contributed by atoms with Gasteiger partial charge < -0.3 is 20.3 Å². The molecule has 0 bridgehead atoms. The van der Waals surface area contributed by atoms with Crippen molar-refractivity contribution in [2.24, 2.45) is 0 Å². The van der Waals surface area contributed by atoms with Gasteiger partial charge in [0.15, 0.2) is 6.10 Å². The fourth-order valence-electron chi connectivity index (χ4n) is 4.23. The average molecular weight is 371 g/mol. The largest absolute Gasteiger partial charge is 0.449 e. The van der Waals surface area contributed by atoms with Crippen LogP contribution in [0.2, 0.25) is 0 Å². The van der Waals surface area contributed by atoms with Gasteiger partial charge in [-0.2, -0.15) is 0 Å². The first kappa shape index (κ1) is 17.8. The second-order valence-corrected chi connectivity index (χ2v) is 7.61. The number of carbonyl (C=O) groups excluding carboxylic acids is 3. The Labute approximate surface area is 158 Å². The minimum absolute atomic E-state index is 0.0326. The van der Waals surface area contributed by atoms with Crippen LogP contribution in [-0.4, -0.2) is 42.5 Å². The zero-order chi connectivity index (χ0) is 19.0. The Balaban J connectivity index is 1.42. The molecule has 2 atom stereocenters. The van der Waals surface area contributed by atoms with Crippen molar-refractivity contribution in [3.05, 3.63) is 23.8 Å². The van der Waals surface area contributed by atoms with Crippen LogP contribution >= 0.6 is 0 Å². The Morgan fingerprint density at radius 3 is 2.78 bits per heavy atom. The predicted octanol–water partition coefficient (Wildman–Crippen LogP) is 2.21. The van der Waals surface area contributed by atoms with Gasteiger partial charge in [-0.05, 0) is 50.8 Å². The maximum Gasteiger partial charge on any atom is 0.338 e. The summed E-state index contributed by atoms with van der Waals surface area (Å²) in [6.07, 6.45) is 5.18. The van der Waals surface area contributed by atoms with Crippen LogP contribution in [0.25, 0.3) is 0 Å². The molecular formula is C20H25N3O4. The normalized spacial score (nSPS) is 22.6. The first-order valence-electron chi connectivity index (χ1n) is 9.76. The van der Waals surface area contributed by atoms with E-state index in [0.717, 1.165) is 50.8 Å². The first-order chi connectivity index (χ1) is 13.0. The molecule has 2 heterocycles. The summed E-state index contributed by atoms with van der Waals surface area (Å²) in [5, 5.41) is 5.82. The molecule has 0 unspecified atom stereocenters. The smallest absolute Gasteiger partial charge is 0.338 e. The zero-order valence-corrected chi connectivity index (χ0v) is 15.5. The molecule has 1 aromatic carbocycles. The predicted molar refractivity (Wildman–Crippen MR) is 101 cm³/mol. The molecule has 3 aliphatic rings. The summed E-state index contributed by atoms with van der Waals surface area (Å²) < 4.78 is 5.34. The van der Waals surface area contributed by atoms with Crippen LogP contribution in [0.3, 0.4) is 0 Å². The van der Waals surface area contributed by atoms with Crippen LogP contribution < -0.4 is 15.5 Å². The molecule has 1 aromatic rings. The van der Waals surface area contributed by atoms with Crippen LogP contribution in [0.1, 0.15) is 55.8 Å². The lowest BCUT2D eigenvalue weighted by Crippen LogP contribution is -2.44. The second-order valence-electron chi connectivity index (χ2n) is 7.61. The van der Waals surface area contributed by atoms with E-state index < -0.39 is 12.1 Å². The van der Waals surface area contributed by atoms with Crippen LogP contribution in [-0.2, 0) is 14.3 Å². The van der Waals surface area contributed by atoms with Crippen molar-refractivity contribution < 1.29 is 19.1 Å². The number of fused-ring (bicyclic) bond motifs is 3. The van der Waals surface area contributed by atoms with Crippen molar-refractivity contribution in [1.29, 1.82) is 0 Å². The number of esters is 1. The van der Waals surface area contributed by atoms with Gasteiger partial charge in [0, 0.05) is 12.6 Å². The molecule has 1 saturated carbocycles. The minimum atomic E-state index is -0.855. The maximum absolute atomic E-state index is 12.5. The number of anilines is 2. The lowest BCUT2D eigenvalue weighted by Gasteiger charge is -2.33. The van der Waals surface area contributed by atoms with Gasteiger partial charge in [0.05, 0.1) is 16.9 Å². The molecule has 1 aliphatic carbocycles. The molecule has 27 heavy (non-hydrogen) atoms. The Kier molecular flexibility index (Phi) is 4.76. The number of amides is 2. The maximum atomic E-state index is 12.5. The summed E-state index contributed by atoms with van der Waals surface area (Å²) >= 11 is 0. The molecule has 2 N–H and O–H groups in total. The van der Waals surface area contributed by atoms with Gasteiger partial charge in [0.1, 0.15) is 6.04 Å². The van der Waals surface area contributed by atoms with Crippen molar-refractivity contribution in [3.8, 4) is 0 Å². The van der Waals surface area contributed by atoms with Gasteiger partial charge in [-0.15, -0.1) is 0 Å². The number of rotatable bonds is 4. The monoisotopic (exact) mass is 371 g/mol. The van der Waals surface area contributed by atoms with Crippen molar-refractivity contribution >= 4 is 29.2 Å². The van der Waals surface area contributed by atoms with E-state index in [0.29, 0.717) is 11.3 Å². The number of ether oxygens (including phenoxy) is 1. The molecule has 2 fully saturated rings. The highest BCUT2D eigenvalue weighted by molar-refractivity contribution is 6.05. The van der Waals surface area contributed by atoms with E-state index in [1.54, 1.807) is 19.1 Å². The van der Waals surface area contributed by atoms with Gasteiger partial charge >= 0.3 is 5.97 Å². The summed E-state index contributed by atoms with van der Waals surface area (Å²) in [4.78, 5) is 39.0. The Hall–Kier alpha value is -2.57. The lowest BCUT2D eigenvalue weighted by atomic mass is 10.1. The van der Waals surface area contributed by atoms with Gasteiger partial charge in [0.2, 0.25) is 5.91 Å². The molecule has 7 nitrogen and oxygen atoms in total. The lowest BCUT2D eigenvalue weighted by molar-refractivity contribution is -0.129. The molecule has 4 rings (SSSR count). The third-order valence-electron chi connectivity index (χ3n) is 5.71. The Bertz CT molecular complexity index is 772. The summed E-state index contributed by atoms with van der Waals surface area (Å²) in [6, 6.07) is 5.23. The van der Waals surface area contributed by atoms with E-state index in [4.69, 9.17) is 4.74 Å². The molecule has 0 spiro atoms. The standard InChI is InChI=1S/C20H25N3O4/c1-12(18(24)21-14-5-2-3-6-14)27-20(26)13-8-9-16-15(11-13)22-19(25)17-7-4-10-23(16)17/h8-9,11-12,14,17H,2-7,10H2,1H3,(H,21,24)(H,22,25)/t12-,17-/m0/s1. The highest BCUT2D eigenvalue weighted by Crippen LogP contribution is 2.37. The highest BCUT2D eigenvalue weighted by Gasteiger charge is 2.36. The van der Waals surface area contributed by atoms with E-state index >= 15 is 0 Å². The fraction of sp³-hybridized carbons (Fsp3) is 0.550. The van der Waals surface area contributed by atoms with E-state index in [-0.39, 0.29) is 23.9 Å². The third-order valence-corrected chi connectivity index (χ3v) is 5.71. The summed E-state index contributed by atoms with van der Waals surface area (Å²) in [5.74, 6) is -0.860. The zero-order valence-electron chi connectivity index (χ0n) is 15.5. The van der Waals surface area contributed by atoms with Crippen molar-refractivity contribution in [2.45, 2.75) is 63.6 Å². The molecule has 144 valence electrons. The topological polar surface area (TPSA) is 87.7 Å². The number of nitrogens with one attached hydrogen (secondary N) is 2. The molecule has 0 aromatic heterocycles. The molecule has 2 amide bonds. The van der Waals surface area contributed by atoms with Crippen molar-refractivity contribution in [2.75, 3.05) is 16.8 Å².